The van der Waals surface area contributed by atoms with Gasteiger partial charge in [0.05, 0.1) is 11.8 Å². The number of nitrogens with one attached hydrogen (secondary N) is 1. The number of hydrogen-bond acceptors (Lipinski definition) is 2. The summed E-state index contributed by atoms with van der Waals surface area (Å²) in [6.45, 7) is 0.537. The minimum atomic E-state index is -0.115. The van der Waals surface area contributed by atoms with Gasteiger partial charge in [0, 0.05) is 30.7 Å². The quantitative estimate of drug-likeness (QED) is 0.803. The molecule has 0 aliphatic carbocycles. The third-order valence-electron chi connectivity index (χ3n) is 3.53. The zero-order valence-corrected chi connectivity index (χ0v) is 12.4. The highest BCUT2D eigenvalue weighted by Gasteiger charge is 2.14. The Morgan fingerprint density at radius 2 is 2.14 bits per heavy atom. The lowest BCUT2D eigenvalue weighted by Gasteiger charge is -2.07. The summed E-state index contributed by atoms with van der Waals surface area (Å²) in [7, 11) is 1.85. The van der Waals surface area contributed by atoms with Crippen LogP contribution < -0.4 is 5.32 Å². The van der Waals surface area contributed by atoms with E-state index in [1.54, 1.807) is 12.3 Å². The highest BCUT2D eigenvalue weighted by Crippen LogP contribution is 2.19. The van der Waals surface area contributed by atoms with Gasteiger partial charge < -0.3 is 14.3 Å². The Morgan fingerprint density at radius 3 is 2.90 bits per heavy atom. The van der Waals surface area contributed by atoms with Crippen molar-refractivity contribution in [3.05, 3.63) is 58.9 Å². The molecule has 0 radical (unpaired) electrons. The van der Waals surface area contributed by atoms with Crippen LogP contribution in [0.4, 0.5) is 0 Å². The van der Waals surface area contributed by atoms with E-state index < -0.39 is 0 Å². The number of furan rings is 1. The molecule has 1 aromatic carbocycles. The molecule has 0 spiro atoms. The van der Waals surface area contributed by atoms with Crippen molar-refractivity contribution in [2.75, 3.05) is 6.54 Å². The third-order valence-corrected chi connectivity index (χ3v) is 3.90. The Morgan fingerprint density at radius 1 is 1.33 bits per heavy atom. The zero-order chi connectivity index (χ0) is 14.8. The highest BCUT2D eigenvalue weighted by atomic mass is 35.5. The fourth-order valence-electron chi connectivity index (χ4n) is 2.37. The fraction of sp³-hybridized carbons (Fsp3) is 0.188. The average Bonchev–Trinajstić information content (AvgIpc) is 3.04. The van der Waals surface area contributed by atoms with Gasteiger partial charge in [-0.1, -0.05) is 29.8 Å². The van der Waals surface area contributed by atoms with Crippen LogP contribution in [0.1, 0.15) is 16.1 Å². The van der Waals surface area contributed by atoms with Gasteiger partial charge in [-0.15, -0.1) is 0 Å². The third kappa shape index (κ3) is 2.67. The number of carbonyl (C=O) groups excluding carboxylic acids is 1. The van der Waals surface area contributed by atoms with Crippen LogP contribution in [0.15, 0.2) is 47.1 Å². The van der Waals surface area contributed by atoms with Crippen molar-refractivity contribution >= 4 is 28.6 Å². The van der Waals surface area contributed by atoms with Crippen molar-refractivity contribution in [1.29, 1.82) is 0 Å². The predicted octanol–water partition coefficient (Wildman–Crippen LogP) is 3.40. The summed E-state index contributed by atoms with van der Waals surface area (Å²) < 4.78 is 7.12. The van der Waals surface area contributed by atoms with Crippen molar-refractivity contribution in [2.24, 2.45) is 7.05 Å². The molecule has 2 aromatic heterocycles. The molecule has 3 aromatic rings. The van der Waals surface area contributed by atoms with Gasteiger partial charge in [-0.3, -0.25) is 4.79 Å². The molecular weight excluding hydrogens is 288 g/mol. The Kier molecular flexibility index (Phi) is 3.71. The largest absolute Gasteiger partial charge is 0.463 e. The van der Waals surface area contributed by atoms with Gasteiger partial charge in [0.15, 0.2) is 5.58 Å². The number of nitrogens with zero attached hydrogens (tertiary/aromatic N) is 1. The summed E-state index contributed by atoms with van der Waals surface area (Å²) in [5.41, 5.74) is 3.24. The first kappa shape index (κ1) is 13.8. The molecule has 0 saturated carbocycles. The van der Waals surface area contributed by atoms with E-state index in [1.165, 1.54) is 0 Å². The number of aryl methyl sites for hydroxylation is 1. The normalized spacial score (nSPS) is 11.0. The summed E-state index contributed by atoms with van der Waals surface area (Å²) in [5.74, 6) is -0.115. The number of fused-ring (bicyclic) bond motifs is 1. The average molecular weight is 303 g/mol. The molecule has 108 valence electrons. The molecule has 5 heteroatoms. The van der Waals surface area contributed by atoms with Crippen LogP contribution >= 0.6 is 11.6 Å². The summed E-state index contributed by atoms with van der Waals surface area (Å²) >= 11 is 6.09. The molecule has 0 atom stereocenters. The monoisotopic (exact) mass is 302 g/mol. The summed E-state index contributed by atoms with van der Waals surface area (Å²) in [6, 6.07) is 11.2. The lowest BCUT2D eigenvalue weighted by molar-refractivity contribution is 0.0946. The van der Waals surface area contributed by atoms with Gasteiger partial charge >= 0.3 is 0 Å². The molecule has 1 amide bonds. The van der Waals surface area contributed by atoms with Crippen LogP contribution in [0.5, 0.6) is 0 Å². The van der Waals surface area contributed by atoms with Gasteiger partial charge in [0.2, 0.25) is 0 Å². The van der Waals surface area contributed by atoms with Crippen LogP contribution in [0.25, 0.3) is 11.1 Å². The van der Waals surface area contributed by atoms with Crippen LogP contribution in [-0.2, 0) is 13.5 Å². The summed E-state index contributed by atoms with van der Waals surface area (Å²) in [4.78, 5) is 12.2. The smallest absolute Gasteiger partial charge is 0.268 e. The number of aromatic nitrogens is 1. The van der Waals surface area contributed by atoms with Crippen molar-refractivity contribution in [1.82, 2.24) is 9.88 Å². The molecule has 0 bridgehead atoms. The van der Waals surface area contributed by atoms with E-state index in [1.807, 2.05) is 41.9 Å². The molecule has 0 saturated heterocycles. The van der Waals surface area contributed by atoms with E-state index in [0.717, 1.165) is 16.1 Å². The number of benzene rings is 1. The maximum absolute atomic E-state index is 12.2. The molecular formula is C16H15ClN2O2. The maximum Gasteiger partial charge on any atom is 0.268 e. The SMILES string of the molecule is Cn1c(C(=O)NCCc2ccccc2Cl)cc2occc21. The molecule has 0 aliphatic heterocycles. The summed E-state index contributed by atoms with van der Waals surface area (Å²) in [5, 5.41) is 3.63. The highest BCUT2D eigenvalue weighted by molar-refractivity contribution is 6.31. The second-order valence-corrected chi connectivity index (χ2v) is 5.26. The van der Waals surface area contributed by atoms with Crippen molar-refractivity contribution in [2.45, 2.75) is 6.42 Å². The number of rotatable bonds is 4. The zero-order valence-electron chi connectivity index (χ0n) is 11.6. The topological polar surface area (TPSA) is 47.2 Å². The van der Waals surface area contributed by atoms with Crippen molar-refractivity contribution in [3.8, 4) is 0 Å². The molecule has 0 fully saturated rings. The van der Waals surface area contributed by atoms with Gasteiger partial charge in [-0.05, 0) is 18.1 Å². The first-order valence-electron chi connectivity index (χ1n) is 6.71. The number of carbonyl (C=O) groups is 1. The minimum absolute atomic E-state index is 0.115. The lowest BCUT2D eigenvalue weighted by Crippen LogP contribution is -2.27. The molecule has 21 heavy (non-hydrogen) atoms. The molecule has 4 nitrogen and oxygen atoms in total. The second kappa shape index (κ2) is 5.66. The standard InChI is InChI=1S/C16H15ClN2O2/c1-19-13-7-9-21-15(13)10-14(19)16(20)18-8-6-11-4-2-3-5-12(11)17/h2-5,7,9-10H,6,8H2,1H3,(H,18,20). The molecule has 0 aliphatic rings. The first-order chi connectivity index (χ1) is 10.2. The lowest BCUT2D eigenvalue weighted by atomic mass is 10.1. The Hall–Kier alpha value is -2.20. The number of halogens is 1. The van der Waals surface area contributed by atoms with Crippen molar-refractivity contribution in [3.63, 3.8) is 0 Å². The number of hydrogen-bond donors (Lipinski definition) is 1. The van der Waals surface area contributed by atoms with E-state index in [4.69, 9.17) is 16.0 Å². The van der Waals surface area contributed by atoms with Crippen LogP contribution in [0, 0.1) is 0 Å². The predicted molar refractivity (Wildman–Crippen MR) is 82.7 cm³/mol. The van der Waals surface area contributed by atoms with E-state index in [0.29, 0.717) is 24.2 Å². The maximum atomic E-state index is 12.2. The van der Waals surface area contributed by atoms with E-state index in [-0.39, 0.29) is 5.91 Å². The fourth-order valence-corrected chi connectivity index (χ4v) is 2.60. The van der Waals surface area contributed by atoms with Crippen LogP contribution in [0.3, 0.4) is 0 Å². The van der Waals surface area contributed by atoms with Gasteiger partial charge in [0.1, 0.15) is 5.69 Å². The van der Waals surface area contributed by atoms with Crippen molar-refractivity contribution < 1.29 is 9.21 Å². The van der Waals surface area contributed by atoms with Crippen LogP contribution in [0.2, 0.25) is 5.02 Å². The Bertz CT molecular complexity index is 789. The van der Waals surface area contributed by atoms with Gasteiger partial charge in [0.25, 0.3) is 5.91 Å². The van der Waals surface area contributed by atoms with E-state index >= 15 is 0 Å². The van der Waals surface area contributed by atoms with E-state index in [2.05, 4.69) is 5.32 Å². The Labute approximate surface area is 127 Å². The van der Waals surface area contributed by atoms with Gasteiger partial charge in [-0.25, -0.2) is 0 Å². The Balaban J connectivity index is 1.65. The molecule has 0 unspecified atom stereocenters. The summed E-state index contributed by atoms with van der Waals surface area (Å²) in [6.07, 6.45) is 2.32. The number of amides is 1. The minimum Gasteiger partial charge on any atom is -0.463 e. The van der Waals surface area contributed by atoms with E-state index in [9.17, 15) is 4.79 Å². The second-order valence-electron chi connectivity index (χ2n) is 4.86. The first-order valence-corrected chi connectivity index (χ1v) is 7.09. The molecule has 1 N–H and O–H groups in total. The molecule has 2 heterocycles. The van der Waals surface area contributed by atoms with Gasteiger partial charge in [-0.2, -0.15) is 0 Å². The molecule has 3 rings (SSSR count). The van der Waals surface area contributed by atoms with Crippen LogP contribution in [-0.4, -0.2) is 17.0 Å².